The number of rotatable bonds is 5. The van der Waals surface area contributed by atoms with Crippen molar-refractivity contribution in [2.75, 3.05) is 12.3 Å². The first-order valence-electron chi connectivity index (χ1n) is 4.97. The van der Waals surface area contributed by atoms with Crippen molar-refractivity contribution >= 4 is 11.8 Å². The lowest BCUT2D eigenvalue weighted by atomic mass is 10.3. The molecule has 0 aliphatic heterocycles. The quantitative estimate of drug-likeness (QED) is 0.627. The molecule has 2 aromatic rings. The number of hydrogen-bond acceptors (Lipinski definition) is 6. The molecular formula is C10H12N4OS. The Balaban J connectivity index is 2.02. The predicted molar refractivity (Wildman–Crippen MR) is 61.9 cm³/mol. The van der Waals surface area contributed by atoms with E-state index in [1.165, 1.54) is 11.8 Å². The summed E-state index contributed by atoms with van der Waals surface area (Å²) in [4.78, 5) is 3.99. The van der Waals surface area contributed by atoms with E-state index in [0.717, 1.165) is 17.7 Å². The Hall–Kier alpha value is -1.40. The van der Waals surface area contributed by atoms with Gasteiger partial charge in [0.25, 0.3) is 5.22 Å². The van der Waals surface area contributed by atoms with Gasteiger partial charge in [-0.1, -0.05) is 11.8 Å². The molecule has 0 bridgehead atoms. The third-order valence-electron chi connectivity index (χ3n) is 1.89. The summed E-state index contributed by atoms with van der Waals surface area (Å²) in [6.07, 6.45) is 4.34. The van der Waals surface area contributed by atoms with Gasteiger partial charge in [0.05, 0.1) is 5.56 Å². The minimum atomic E-state index is 0.503. The molecule has 0 radical (unpaired) electrons. The van der Waals surface area contributed by atoms with Crippen LogP contribution in [0.25, 0.3) is 11.5 Å². The zero-order chi connectivity index (χ0) is 11.2. The maximum Gasteiger partial charge on any atom is 0.276 e. The molecule has 0 aromatic carbocycles. The van der Waals surface area contributed by atoms with Crippen LogP contribution in [-0.4, -0.2) is 27.5 Å². The van der Waals surface area contributed by atoms with Crippen LogP contribution in [-0.2, 0) is 0 Å². The molecule has 0 atom stereocenters. The lowest BCUT2D eigenvalue weighted by molar-refractivity contribution is 0.465. The second-order valence-corrected chi connectivity index (χ2v) is 4.15. The molecule has 2 aromatic heterocycles. The van der Waals surface area contributed by atoms with Gasteiger partial charge in [0.2, 0.25) is 5.89 Å². The van der Waals surface area contributed by atoms with Crippen LogP contribution >= 0.6 is 11.8 Å². The van der Waals surface area contributed by atoms with Crippen molar-refractivity contribution in [1.82, 2.24) is 15.2 Å². The topological polar surface area (TPSA) is 77.8 Å². The first-order chi connectivity index (χ1) is 7.90. The molecule has 0 aliphatic carbocycles. The van der Waals surface area contributed by atoms with E-state index in [1.807, 2.05) is 12.1 Å². The van der Waals surface area contributed by atoms with Gasteiger partial charge in [-0.15, -0.1) is 10.2 Å². The fourth-order valence-corrected chi connectivity index (χ4v) is 1.84. The van der Waals surface area contributed by atoms with E-state index in [-0.39, 0.29) is 0 Å². The molecule has 0 spiro atoms. The average molecular weight is 236 g/mol. The zero-order valence-corrected chi connectivity index (χ0v) is 9.48. The van der Waals surface area contributed by atoms with E-state index in [1.54, 1.807) is 12.4 Å². The van der Waals surface area contributed by atoms with Crippen LogP contribution in [0.5, 0.6) is 0 Å². The molecule has 0 saturated heterocycles. The van der Waals surface area contributed by atoms with Crippen molar-refractivity contribution in [2.45, 2.75) is 11.6 Å². The van der Waals surface area contributed by atoms with E-state index in [9.17, 15) is 0 Å². The second-order valence-electron chi connectivity index (χ2n) is 3.11. The second kappa shape index (κ2) is 5.62. The Morgan fingerprint density at radius 3 is 3.06 bits per heavy atom. The van der Waals surface area contributed by atoms with E-state index in [2.05, 4.69) is 15.2 Å². The number of aromatic nitrogens is 3. The molecule has 5 nitrogen and oxygen atoms in total. The largest absolute Gasteiger partial charge is 0.411 e. The first-order valence-corrected chi connectivity index (χ1v) is 5.95. The Bertz CT molecular complexity index is 431. The van der Waals surface area contributed by atoms with Crippen molar-refractivity contribution in [1.29, 1.82) is 0 Å². The summed E-state index contributed by atoms with van der Waals surface area (Å²) in [5.74, 6) is 1.40. The summed E-state index contributed by atoms with van der Waals surface area (Å²) >= 11 is 1.52. The summed E-state index contributed by atoms with van der Waals surface area (Å²) < 4.78 is 5.48. The molecule has 0 unspecified atom stereocenters. The minimum absolute atomic E-state index is 0.503. The normalized spacial score (nSPS) is 10.6. The van der Waals surface area contributed by atoms with Gasteiger partial charge in [-0.25, -0.2) is 0 Å². The summed E-state index contributed by atoms with van der Waals surface area (Å²) in [7, 11) is 0. The number of nitrogens with zero attached hydrogens (tertiary/aromatic N) is 3. The zero-order valence-electron chi connectivity index (χ0n) is 8.67. The van der Waals surface area contributed by atoms with Crippen molar-refractivity contribution in [3.8, 4) is 11.5 Å². The van der Waals surface area contributed by atoms with Crippen molar-refractivity contribution < 1.29 is 4.42 Å². The number of pyridine rings is 1. The standard InChI is InChI=1S/C10H12N4OS/c11-4-2-6-16-10-14-13-9(15-10)8-3-1-5-12-7-8/h1,3,5,7H,2,4,6,11H2. The van der Waals surface area contributed by atoms with Gasteiger partial charge in [-0.05, 0) is 25.1 Å². The highest BCUT2D eigenvalue weighted by atomic mass is 32.2. The molecule has 16 heavy (non-hydrogen) atoms. The monoisotopic (exact) mass is 236 g/mol. The Labute approximate surface area is 97.5 Å². The average Bonchev–Trinajstić information content (AvgIpc) is 2.79. The summed E-state index contributed by atoms with van der Waals surface area (Å²) in [6, 6.07) is 3.72. The van der Waals surface area contributed by atoms with E-state index in [0.29, 0.717) is 17.7 Å². The van der Waals surface area contributed by atoms with Crippen LogP contribution < -0.4 is 5.73 Å². The maximum absolute atomic E-state index is 5.48. The number of thioether (sulfide) groups is 1. The highest BCUT2D eigenvalue weighted by Crippen LogP contribution is 2.22. The van der Waals surface area contributed by atoms with Crippen LogP contribution in [0, 0.1) is 0 Å². The Morgan fingerprint density at radius 2 is 2.31 bits per heavy atom. The summed E-state index contributed by atoms with van der Waals surface area (Å²) in [6.45, 7) is 0.677. The molecule has 0 amide bonds. The Kier molecular flexibility index (Phi) is 3.90. The maximum atomic E-state index is 5.48. The molecule has 6 heteroatoms. The van der Waals surface area contributed by atoms with Crippen LogP contribution in [0.2, 0.25) is 0 Å². The highest BCUT2D eigenvalue weighted by molar-refractivity contribution is 7.99. The van der Waals surface area contributed by atoms with Gasteiger partial charge in [0, 0.05) is 18.1 Å². The number of nitrogens with two attached hydrogens (primary N) is 1. The molecule has 2 heterocycles. The van der Waals surface area contributed by atoms with Crippen LogP contribution in [0.4, 0.5) is 0 Å². The molecule has 0 saturated carbocycles. The number of hydrogen-bond donors (Lipinski definition) is 1. The lowest BCUT2D eigenvalue weighted by Crippen LogP contribution is -1.99. The SMILES string of the molecule is NCCCSc1nnc(-c2cccnc2)o1. The third kappa shape index (κ3) is 2.80. The third-order valence-corrected chi connectivity index (χ3v) is 2.79. The van der Waals surface area contributed by atoms with E-state index >= 15 is 0 Å². The first kappa shape index (κ1) is 11.1. The van der Waals surface area contributed by atoms with Gasteiger partial charge < -0.3 is 10.2 Å². The smallest absolute Gasteiger partial charge is 0.276 e. The van der Waals surface area contributed by atoms with Crippen LogP contribution in [0.1, 0.15) is 6.42 Å². The molecule has 0 aliphatic rings. The summed E-state index contributed by atoms with van der Waals surface area (Å²) in [5, 5.41) is 8.47. The molecular weight excluding hydrogens is 224 g/mol. The lowest BCUT2D eigenvalue weighted by Gasteiger charge is -1.93. The highest BCUT2D eigenvalue weighted by Gasteiger charge is 2.08. The fraction of sp³-hybridized carbons (Fsp3) is 0.300. The van der Waals surface area contributed by atoms with Gasteiger partial charge in [-0.3, -0.25) is 4.98 Å². The van der Waals surface area contributed by atoms with E-state index < -0.39 is 0 Å². The molecule has 0 fully saturated rings. The van der Waals surface area contributed by atoms with Gasteiger partial charge in [0.1, 0.15) is 0 Å². The molecule has 2 N–H and O–H groups in total. The van der Waals surface area contributed by atoms with Gasteiger partial charge >= 0.3 is 0 Å². The van der Waals surface area contributed by atoms with Gasteiger partial charge in [-0.2, -0.15) is 0 Å². The Morgan fingerprint density at radius 1 is 1.38 bits per heavy atom. The fourth-order valence-electron chi connectivity index (χ4n) is 1.12. The van der Waals surface area contributed by atoms with Crippen LogP contribution in [0.15, 0.2) is 34.2 Å². The van der Waals surface area contributed by atoms with Crippen molar-refractivity contribution in [2.24, 2.45) is 5.73 Å². The summed E-state index contributed by atoms with van der Waals surface area (Å²) in [5.41, 5.74) is 6.23. The predicted octanol–water partition coefficient (Wildman–Crippen LogP) is 1.57. The van der Waals surface area contributed by atoms with Crippen molar-refractivity contribution in [3.63, 3.8) is 0 Å². The molecule has 84 valence electrons. The molecule has 2 rings (SSSR count). The van der Waals surface area contributed by atoms with Gasteiger partial charge in [0.15, 0.2) is 0 Å². The van der Waals surface area contributed by atoms with Crippen LogP contribution in [0.3, 0.4) is 0 Å². The van der Waals surface area contributed by atoms with E-state index in [4.69, 9.17) is 10.2 Å². The van der Waals surface area contributed by atoms with Crippen molar-refractivity contribution in [3.05, 3.63) is 24.5 Å². The minimum Gasteiger partial charge on any atom is -0.411 e.